The van der Waals surface area contributed by atoms with Crippen LogP contribution in [0.2, 0.25) is 0 Å². The number of hydrogen-bond donors (Lipinski definition) is 1. The van der Waals surface area contributed by atoms with E-state index in [1.807, 2.05) is 0 Å². The molecule has 0 bridgehead atoms. The van der Waals surface area contributed by atoms with Crippen molar-refractivity contribution in [1.29, 1.82) is 0 Å². The standard InChI is InChI=1S/C13H15NO4/c15-12(10-4-5-11(18-10)13(16)17)14-6-8-2-1-3-9(8)7-14/h4-5,8-9H,1-3,6-7H2,(H,16,17). The van der Waals surface area contributed by atoms with Gasteiger partial charge in [-0.15, -0.1) is 0 Å². The molecule has 1 saturated carbocycles. The van der Waals surface area contributed by atoms with Crippen molar-refractivity contribution in [1.82, 2.24) is 4.90 Å². The number of aromatic carboxylic acids is 1. The number of rotatable bonds is 2. The molecule has 2 atom stereocenters. The lowest BCUT2D eigenvalue weighted by Gasteiger charge is -2.15. The van der Waals surface area contributed by atoms with Crippen LogP contribution in [0.5, 0.6) is 0 Å². The van der Waals surface area contributed by atoms with Crippen molar-refractivity contribution in [2.75, 3.05) is 13.1 Å². The Balaban J connectivity index is 1.72. The van der Waals surface area contributed by atoms with Crippen molar-refractivity contribution < 1.29 is 19.1 Å². The minimum atomic E-state index is -1.15. The number of amides is 1. The summed E-state index contributed by atoms with van der Waals surface area (Å²) in [5.74, 6) is -0.125. The van der Waals surface area contributed by atoms with E-state index >= 15 is 0 Å². The summed E-state index contributed by atoms with van der Waals surface area (Å²) in [4.78, 5) is 24.6. The molecule has 96 valence electrons. The molecule has 3 rings (SSSR count). The monoisotopic (exact) mass is 249 g/mol. The average Bonchev–Trinajstić information content (AvgIpc) is 3.02. The molecular formula is C13H15NO4. The zero-order valence-corrected chi connectivity index (χ0v) is 9.96. The minimum Gasteiger partial charge on any atom is -0.475 e. The van der Waals surface area contributed by atoms with Crippen LogP contribution in [0.15, 0.2) is 16.5 Å². The topological polar surface area (TPSA) is 70.8 Å². The van der Waals surface area contributed by atoms with E-state index in [1.54, 1.807) is 4.90 Å². The SMILES string of the molecule is O=C(O)c1ccc(C(=O)N2CC3CCCC3C2)o1. The van der Waals surface area contributed by atoms with Crippen LogP contribution < -0.4 is 0 Å². The molecule has 2 unspecified atom stereocenters. The van der Waals surface area contributed by atoms with Crippen molar-refractivity contribution in [2.45, 2.75) is 19.3 Å². The number of hydrogen-bond acceptors (Lipinski definition) is 3. The van der Waals surface area contributed by atoms with Gasteiger partial charge in [0.15, 0.2) is 5.76 Å². The van der Waals surface area contributed by atoms with Gasteiger partial charge >= 0.3 is 5.97 Å². The van der Waals surface area contributed by atoms with E-state index in [0.29, 0.717) is 11.8 Å². The molecule has 0 radical (unpaired) electrons. The van der Waals surface area contributed by atoms with Gasteiger partial charge in [0.05, 0.1) is 0 Å². The number of likely N-dealkylation sites (tertiary alicyclic amines) is 1. The van der Waals surface area contributed by atoms with Crippen LogP contribution in [0.25, 0.3) is 0 Å². The molecule has 0 aromatic carbocycles. The Kier molecular flexibility index (Phi) is 2.61. The fourth-order valence-corrected chi connectivity index (χ4v) is 3.12. The van der Waals surface area contributed by atoms with Crippen LogP contribution in [0.4, 0.5) is 0 Å². The summed E-state index contributed by atoms with van der Waals surface area (Å²) in [6, 6.07) is 2.77. The fraction of sp³-hybridized carbons (Fsp3) is 0.538. The summed E-state index contributed by atoms with van der Waals surface area (Å²) in [6.45, 7) is 1.57. The normalized spacial score (nSPS) is 26.3. The van der Waals surface area contributed by atoms with Crippen molar-refractivity contribution >= 4 is 11.9 Å². The fourth-order valence-electron chi connectivity index (χ4n) is 3.12. The molecular weight excluding hydrogens is 234 g/mol. The molecule has 5 nitrogen and oxygen atoms in total. The Labute approximate surface area is 104 Å². The van der Waals surface area contributed by atoms with Crippen LogP contribution >= 0.6 is 0 Å². The van der Waals surface area contributed by atoms with Crippen molar-refractivity contribution in [3.63, 3.8) is 0 Å². The number of carbonyl (C=O) groups excluding carboxylic acids is 1. The van der Waals surface area contributed by atoms with E-state index in [4.69, 9.17) is 9.52 Å². The second-order valence-electron chi connectivity index (χ2n) is 5.13. The first-order valence-corrected chi connectivity index (χ1v) is 6.27. The number of furan rings is 1. The molecule has 1 aliphatic heterocycles. The quantitative estimate of drug-likeness (QED) is 0.868. The van der Waals surface area contributed by atoms with Gasteiger partial charge in [-0.3, -0.25) is 4.79 Å². The van der Waals surface area contributed by atoms with Crippen molar-refractivity contribution in [3.8, 4) is 0 Å². The molecule has 1 amide bonds. The highest BCUT2D eigenvalue weighted by atomic mass is 16.4. The molecule has 18 heavy (non-hydrogen) atoms. The summed E-state index contributed by atoms with van der Waals surface area (Å²) < 4.78 is 5.05. The molecule has 1 N–H and O–H groups in total. The van der Waals surface area contributed by atoms with E-state index in [9.17, 15) is 9.59 Å². The molecule has 0 spiro atoms. The van der Waals surface area contributed by atoms with E-state index in [-0.39, 0.29) is 17.4 Å². The molecule has 1 aromatic rings. The minimum absolute atomic E-state index is 0.132. The summed E-state index contributed by atoms with van der Waals surface area (Å²) in [6.07, 6.45) is 3.67. The first-order valence-electron chi connectivity index (χ1n) is 6.27. The maximum atomic E-state index is 12.2. The van der Waals surface area contributed by atoms with Crippen LogP contribution in [0.1, 0.15) is 40.4 Å². The number of carbonyl (C=O) groups is 2. The third kappa shape index (κ3) is 1.79. The second kappa shape index (κ2) is 4.15. The van der Waals surface area contributed by atoms with Gasteiger partial charge in [0.2, 0.25) is 5.76 Å². The molecule has 2 heterocycles. The third-order valence-electron chi connectivity index (χ3n) is 4.04. The van der Waals surface area contributed by atoms with Crippen LogP contribution in [-0.2, 0) is 0 Å². The number of fused-ring (bicyclic) bond motifs is 1. The zero-order valence-electron chi connectivity index (χ0n) is 9.96. The third-order valence-corrected chi connectivity index (χ3v) is 4.04. The van der Waals surface area contributed by atoms with Crippen LogP contribution in [0.3, 0.4) is 0 Å². The van der Waals surface area contributed by atoms with Gasteiger partial charge in [0.25, 0.3) is 5.91 Å². The van der Waals surface area contributed by atoms with E-state index in [2.05, 4.69) is 0 Å². The maximum Gasteiger partial charge on any atom is 0.371 e. The van der Waals surface area contributed by atoms with Gasteiger partial charge < -0.3 is 14.4 Å². The lowest BCUT2D eigenvalue weighted by molar-refractivity contribution is 0.0652. The van der Waals surface area contributed by atoms with Crippen molar-refractivity contribution in [3.05, 3.63) is 23.7 Å². The molecule has 1 aliphatic carbocycles. The lowest BCUT2D eigenvalue weighted by Crippen LogP contribution is -2.29. The van der Waals surface area contributed by atoms with Crippen LogP contribution in [0, 0.1) is 11.8 Å². The van der Waals surface area contributed by atoms with Gasteiger partial charge in [0.1, 0.15) is 0 Å². The maximum absolute atomic E-state index is 12.2. The Morgan fingerprint density at radius 1 is 1.17 bits per heavy atom. The summed E-state index contributed by atoms with van der Waals surface area (Å²) in [5, 5.41) is 8.76. The largest absolute Gasteiger partial charge is 0.475 e. The average molecular weight is 249 g/mol. The first-order chi connectivity index (χ1) is 8.65. The van der Waals surface area contributed by atoms with Gasteiger partial charge in [-0.1, -0.05) is 6.42 Å². The Bertz CT molecular complexity index is 481. The predicted octanol–water partition coefficient (Wildman–Crippen LogP) is 1.85. The Morgan fingerprint density at radius 3 is 2.33 bits per heavy atom. The molecule has 2 fully saturated rings. The van der Waals surface area contributed by atoms with E-state index in [1.165, 1.54) is 31.4 Å². The molecule has 5 heteroatoms. The zero-order chi connectivity index (χ0) is 12.7. The Morgan fingerprint density at radius 2 is 1.78 bits per heavy atom. The summed E-state index contributed by atoms with van der Waals surface area (Å²) in [7, 11) is 0. The van der Waals surface area contributed by atoms with Gasteiger partial charge in [-0.25, -0.2) is 4.79 Å². The molecule has 1 aromatic heterocycles. The smallest absolute Gasteiger partial charge is 0.371 e. The van der Waals surface area contributed by atoms with Gasteiger partial charge in [0, 0.05) is 13.1 Å². The number of carboxylic acids is 1. The van der Waals surface area contributed by atoms with Gasteiger partial charge in [-0.2, -0.15) is 0 Å². The highest BCUT2D eigenvalue weighted by Gasteiger charge is 2.38. The summed E-state index contributed by atoms with van der Waals surface area (Å²) in [5.41, 5.74) is 0. The Hall–Kier alpha value is -1.78. The number of carboxylic acid groups (broad SMARTS) is 1. The predicted molar refractivity (Wildman–Crippen MR) is 62.4 cm³/mol. The molecule has 2 aliphatic rings. The van der Waals surface area contributed by atoms with Gasteiger partial charge in [-0.05, 0) is 36.8 Å². The highest BCUT2D eigenvalue weighted by Crippen LogP contribution is 2.38. The van der Waals surface area contributed by atoms with E-state index in [0.717, 1.165) is 13.1 Å². The lowest BCUT2D eigenvalue weighted by atomic mass is 10.0. The first kappa shape index (κ1) is 11.3. The molecule has 1 saturated heterocycles. The number of nitrogens with zero attached hydrogens (tertiary/aromatic N) is 1. The summed E-state index contributed by atoms with van der Waals surface area (Å²) >= 11 is 0. The van der Waals surface area contributed by atoms with E-state index < -0.39 is 5.97 Å². The van der Waals surface area contributed by atoms with Crippen molar-refractivity contribution in [2.24, 2.45) is 11.8 Å². The second-order valence-corrected chi connectivity index (χ2v) is 5.13. The highest BCUT2D eigenvalue weighted by molar-refractivity contribution is 5.93. The van der Waals surface area contributed by atoms with Crippen LogP contribution in [-0.4, -0.2) is 35.0 Å².